The normalized spacial score (nSPS) is 19.2. The third-order valence-electron chi connectivity index (χ3n) is 3.65. The lowest BCUT2D eigenvalue weighted by molar-refractivity contribution is 0.216. The van der Waals surface area contributed by atoms with Gasteiger partial charge in [-0.1, -0.05) is 19.9 Å². The van der Waals surface area contributed by atoms with Crippen molar-refractivity contribution in [3.63, 3.8) is 0 Å². The summed E-state index contributed by atoms with van der Waals surface area (Å²) in [4.78, 5) is 2.44. The summed E-state index contributed by atoms with van der Waals surface area (Å²) in [6.07, 6.45) is 2.52. The maximum atomic E-state index is 13.6. The van der Waals surface area contributed by atoms with Gasteiger partial charge in [0.25, 0.3) is 0 Å². The molecule has 0 spiro atoms. The van der Waals surface area contributed by atoms with Crippen LogP contribution in [0.5, 0.6) is 0 Å². The fraction of sp³-hybridized carbons (Fsp3) is 0.625. The van der Waals surface area contributed by atoms with E-state index in [9.17, 15) is 4.39 Å². The van der Waals surface area contributed by atoms with Crippen molar-refractivity contribution in [2.75, 3.05) is 19.6 Å². The van der Waals surface area contributed by atoms with Gasteiger partial charge in [0.2, 0.25) is 0 Å². The Morgan fingerprint density at radius 3 is 2.85 bits per heavy atom. The molecule has 1 aromatic rings. The van der Waals surface area contributed by atoms with Gasteiger partial charge in [0, 0.05) is 25.7 Å². The third kappa shape index (κ3) is 4.83. The predicted molar refractivity (Wildman–Crippen MR) is 85.2 cm³/mol. The zero-order valence-electron chi connectivity index (χ0n) is 12.3. The molecule has 1 fully saturated rings. The highest BCUT2D eigenvalue weighted by Crippen LogP contribution is 2.18. The molecule has 1 unspecified atom stereocenters. The van der Waals surface area contributed by atoms with Gasteiger partial charge >= 0.3 is 0 Å². The molecule has 2 nitrogen and oxygen atoms in total. The van der Waals surface area contributed by atoms with Crippen molar-refractivity contribution in [3.8, 4) is 0 Å². The Bertz CT molecular complexity index is 430. The van der Waals surface area contributed by atoms with Gasteiger partial charge in [0.1, 0.15) is 5.82 Å². The number of rotatable bonds is 6. The van der Waals surface area contributed by atoms with Crippen molar-refractivity contribution < 1.29 is 4.39 Å². The van der Waals surface area contributed by atoms with Crippen LogP contribution in [-0.2, 0) is 6.54 Å². The van der Waals surface area contributed by atoms with Crippen molar-refractivity contribution in [1.82, 2.24) is 10.2 Å². The molecule has 1 heterocycles. The molecular formula is C16H24BrFN2. The second-order valence-corrected chi connectivity index (χ2v) is 6.98. The van der Waals surface area contributed by atoms with E-state index in [1.807, 2.05) is 6.07 Å². The van der Waals surface area contributed by atoms with E-state index in [4.69, 9.17) is 0 Å². The molecule has 2 rings (SSSR count). The molecule has 0 aliphatic carbocycles. The Morgan fingerprint density at radius 1 is 1.45 bits per heavy atom. The predicted octanol–water partition coefficient (Wildman–Crippen LogP) is 3.80. The topological polar surface area (TPSA) is 15.3 Å². The van der Waals surface area contributed by atoms with E-state index in [2.05, 4.69) is 40.0 Å². The van der Waals surface area contributed by atoms with Crippen LogP contribution in [0.1, 0.15) is 32.3 Å². The monoisotopic (exact) mass is 342 g/mol. The molecule has 1 saturated heterocycles. The van der Waals surface area contributed by atoms with E-state index in [1.54, 1.807) is 12.1 Å². The van der Waals surface area contributed by atoms with Crippen LogP contribution in [0, 0.1) is 11.7 Å². The van der Waals surface area contributed by atoms with Crippen LogP contribution in [0.3, 0.4) is 0 Å². The Hall–Kier alpha value is -0.450. The summed E-state index contributed by atoms with van der Waals surface area (Å²) >= 11 is 3.21. The van der Waals surface area contributed by atoms with Crippen LogP contribution in [0.4, 0.5) is 4.39 Å². The Labute approximate surface area is 129 Å². The first-order valence-corrected chi connectivity index (χ1v) is 8.23. The van der Waals surface area contributed by atoms with Crippen LogP contribution in [0.15, 0.2) is 22.7 Å². The number of benzene rings is 1. The fourth-order valence-corrected chi connectivity index (χ4v) is 3.09. The second kappa shape index (κ2) is 7.53. The number of hydrogen-bond acceptors (Lipinski definition) is 2. The summed E-state index contributed by atoms with van der Waals surface area (Å²) in [5, 5.41) is 3.54. The molecule has 0 amide bonds. The molecule has 1 aliphatic rings. The van der Waals surface area contributed by atoms with Gasteiger partial charge in [0.05, 0.1) is 4.47 Å². The molecule has 0 saturated carbocycles. The maximum Gasteiger partial charge on any atom is 0.137 e. The number of halogens is 2. The Morgan fingerprint density at radius 2 is 2.25 bits per heavy atom. The Kier molecular flexibility index (Phi) is 6.00. The lowest BCUT2D eigenvalue weighted by atomic mass is 10.1. The van der Waals surface area contributed by atoms with Gasteiger partial charge in [-0.25, -0.2) is 4.39 Å². The van der Waals surface area contributed by atoms with E-state index < -0.39 is 0 Å². The molecule has 1 atom stereocenters. The molecule has 4 heteroatoms. The second-order valence-electron chi connectivity index (χ2n) is 6.13. The minimum absolute atomic E-state index is 0.175. The lowest BCUT2D eigenvalue weighted by Gasteiger charge is -2.27. The van der Waals surface area contributed by atoms with Crippen LogP contribution in [-0.4, -0.2) is 30.6 Å². The van der Waals surface area contributed by atoms with Crippen LogP contribution >= 0.6 is 15.9 Å². The number of nitrogens with one attached hydrogen (secondary N) is 1. The minimum atomic E-state index is -0.175. The van der Waals surface area contributed by atoms with Gasteiger partial charge in [-0.15, -0.1) is 0 Å². The van der Waals surface area contributed by atoms with E-state index in [0.29, 0.717) is 16.4 Å². The minimum Gasteiger partial charge on any atom is -0.313 e. The van der Waals surface area contributed by atoms with Crippen molar-refractivity contribution in [2.45, 2.75) is 39.3 Å². The fourth-order valence-electron chi connectivity index (χ4n) is 2.84. The van der Waals surface area contributed by atoms with Crippen LogP contribution in [0.25, 0.3) is 0 Å². The van der Waals surface area contributed by atoms with Gasteiger partial charge in [-0.2, -0.15) is 0 Å². The van der Waals surface area contributed by atoms with Crippen LogP contribution < -0.4 is 5.32 Å². The smallest absolute Gasteiger partial charge is 0.137 e. The van der Waals surface area contributed by atoms with Gasteiger partial charge in [0.15, 0.2) is 0 Å². The molecule has 1 aliphatic heterocycles. The average Bonchev–Trinajstić information content (AvgIpc) is 2.86. The molecule has 0 aromatic heterocycles. The molecular weight excluding hydrogens is 319 g/mol. The zero-order valence-corrected chi connectivity index (χ0v) is 13.9. The molecule has 1 aromatic carbocycles. The van der Waals surface area contributed by atoms with Crippen molar-refractivity contribution in [1.29, 1.82) is 0 Å². The summed E-state index contributed by atoms with van der Waals surface area (Å²) in [5.41, 5.74) is 1.05. The largest absolute Gasteiger partial charge is 0.313 e. The maximum absolute atomic E-state index is 13.6. The summed E-state index contributed by atoms with van der Waals surface area (Å²) < 4.78 is 14.2. The summed E-state index contributed by atoms with van der Waals surface area (Å²) in [6, 6.07) is 6.03. The molecule has 112 valence electrons. The molecule has 0 bridgehead atoms. The Balaban J connectivity index is 1.99. The highest BCUT2D eigenvalue weighted by molar-refractivity contribution is 9.10. The quantitative estimate of drug-likeness (QED) is 0.845. The van der Waals surface area contributed by atoms with E-state index in [1.165, 1.54) is 12.8 Å². The van der Waals surface area contributed by atoms with Crippen molar-refractivity contribution >= 4 is 15.9 Å². The first-order valence-electron chi connectivity index (χ1n) is 7.44. The van der Waals surface area contributed by atoms with E-state index in [0.717, 1.165) is 31.7 Å². The van der Waals surface area contributed by atoms with E-state index in [-0.39, 0.29) is 5.82 Å². The number of nitrogens with zero attached hydrogens (tertiary/aromatic N) is 1. The molecule has 1 N–H and O–H groups in total. The van der Waals surface area contributed by atoms with Gasteiger partial charge in [-0.3, -0.25) is 4.90 Å². The summed E-state index contributed by atoms with van der Waals surface area (Å²) in [6.45, 7) is 8.52. The third-order valence-corrected chi connectivity index (χ3v) is 4.30. The SMILES string of the molecule is CC(C)CN(Cc1ccc(Br)c(F)c1)CC1CCCN1. The van der Waals surface area contributed by atoms with Crippen LogP contribution in [0.2, 0.25) is 0 Å². The van der Waals surface area contributed by atoms with Gasteiger partial charge in [-0.05, 0) is 58.9 Å². The highest BCUT2D eigenvalue weighted by atomic mass is 79.9. The lowest BCUT2D eigenvalue weighted by Crippen LogP contribution is -2.39. The van der Waals surface area contributed by atoms with Crippen molar-refractivity contribution in [3.05, 3.63) is 34.1 Å². The first-order chi connectivity index (χ1) is 9.54. The standard InChI is InChI=1S/C16H24BrFN2/c1-12(2)9-20(11-14-4-3-7-19-14)10-13-5-6-15(17)16(18)8-13/h5-6,8,12,14,19H,3-4,7,9-11H2,1-2H3. The zero-order chi connectivity index (χ0) is 14.5. The number of hydrogen-bond donors (Lipinski definition) is 1. The van der Waals surface area contributed by atoms with Crippen molar-refractivity contribution in [2.24, 2.45) is 5.92 Å². The first kappa shape index (κ1) is 15.9. The molecule has 0 radical (unpaired) electrons. The highest BCUT2D eigenvalue weighted by Gasteiger charge is 2.19. The summed E-state index contributed by atoms with van der Waals surface area (Å²) in [7, 11) is 0. The summed E-state index contributed by atoms with van der Waals surface area (Å²) in [5.74, 6) is 0.447. The average molecular weight is 343 g/mol. The van der Waals surface area contributed by atoms with E-state index >= 15 is 0 Å². The van der Waals surface area contributed by atoms with Gasteiger partial charge < -0.3 is 5.32 Å². The molecule has 20 heavy (non-hydrogen) atoms.